The van der Waals surface area contributed by atoms with Crippen molar-refractivity contribution in [2.75, 3.05) is 13.2 Å². The lowest BCUT2D eigenvalue weighted by Crippen LogP contribution is -2.24. The molecule has 1 aromatic carbocycles. The standard InChI is InChI=1S/C20H22FN5O3/c21-15-3-1-2-4-18(15)28-12-19-22-20(29-24-19)13-5-6-16-17(11-13)26(25-23-16)14-7-9-27-10-8-14/h1-4,13-14H,5-12H2. The second-order valence-electron chi connectivity index (χ2n) is 7.48. The van der Waals surface area contributed by atoms with Crippen molar-refractivity contribution in [2.24, 2.45) is 0 Å². The molecule has 29 heavy (non-hydrogen) atoms. The van der Waals surface area contributed by atoms with Crippen LogP contribution >= 0.6 is 0 Å². The summed E-state index contributed by atoms with van der Waals surface area (Å²) in [5, 5.41) is 12.8. The Morgan fingerprint density at radius 2 is 2.03 bits per heavy atom. The summed E-state index contributed by atoms with van der Waals surface area (Å²) in [6.45, 7) is 1.58. The molecule has 1 saturated heterocycles. The van der Waals surface area contributed by atoms with Crippen LogP contribution in [-0.4, -0.2) is 38.3 Å². The van der Waals surface area contributed by atoms with Crippen molar-refractivity contribution in [3.63, 3.8) is 0 Å². The van der Waals surface area contributed by atoms with Gasteiger partial charge in [0.2, 0.25) is 11.7 Å². The molecule has 9 heteroatoms. The lowest BCUT2D eigenvalue weighted by atomic mass is 9.89. The highest BCUT2D eigenvalue weighted by Crippen LogP contribution is 2.33. The van der Waals surface area contributed by atoms with Gasteiger partial charge in [-0.15, -0.1) is 5.10 Å². The number of hydrogen-bond donors (Lipinski definition) is 0. The highest BCUT2D eigenvalue weighted by atomic mass is 19.1. The third-order valence-corrected chi connectivity index (χ3v) is 5.60. The molecule has 0 amide bonds. The van der Waals surface area contributed by atoms with E-state index in [-0.39, 0.29) is 18.3 Å². The Balaban J connectivity index is 1.27. The van der Waals surface area contributed by atoms with Crippen molar-refractivity contribution >= 4 is 0 Å². The maximum atomic E-state index is 13.7. The van der Waals surface area contributed by atoms with Gasteiger partial charge in [0, 0.05) is 25.6 Å². The molecule has 2 aromatic heterocycles. The molecule has 0 saturated carbocycles. The Morgan fingerprint density at radius 3 is 2.90 bits per heavy atom. The molecule has 3 aromatic rings. The Morgan fingerprint density at radius 1 is 1.17 bits per heavy atom. The van der Waals surface area contributed by atoms with E-state index in [0.717, 1.165) is 56.7 Å². The van der Waals surface area contributed by atoms with E-state index in [4.69, 9.17) is 14.0 Å². The largest absolute Gasteiger partial charge is 0.482 e. The van der Waals surface area contributed by atoms with Gasteiger partial charge in [0.15, 0.2) is 18.2 Å². The van der Waals surface area contributed by atoms with E-state index in [0.29, 0.717) is 17.8 Å². The summed E-state index contributed by atoms with van der Waals surface area (Å²) >= 11 is 0. The number of halogens is 1. The minimum Gasteiger partial charge on any atom is -0.482 e. The quantitative estimate of drug-likeness (QED) is 0.652. The first-order chi connectivity index (χ1) is 14.3. The Labute approximate surface area is 167 Å². The third-order valence-electron chi connectivity index (χ3n) is 5.60. The maximum Gasteiger partial charge on any atom is 0.230 e. The van der Waals surface area contributed by atoms with Crippen LogP contribution in [0.5, 0.6) is 5.75 Å². The SMILES string of the molecule is Fc1ccccc1OCc1noc(C2CCc3nnn(C4CCOCC4)c3C2)n1. The normalized spacial score (nSPS) is 19.8. The minimum atomic E-state index is -0.412. The molecule has 1 aliphatic carbocycles. The molecule has 1 aliphatic heterocycles. The number of para-hydroxylation sites is 1. The van der Waals surface area contributed by atoms with Crippen molar-refractivity contribution in [3.8, 4) is 5.75 Å². The van der Waals surface area contributed by atoms with Crippen LogP contribution in [0.2, 0.25) is 0 Å². The number of ether oxygens (including phenoxy) is 2. The van der Waals surface area contributed by atoms with Crippen LogP contribution < -0.4 is 4.74 Å². The summed E-state index contributed by atoms with van der Waals surface area (Å²) in [5.74, 6) is 0.874. The fourth-order valence-electron chi connectivity index (χ4n) is 4.03. The molecular formula is C20H22FN5O3. The molecule has 8 nitrogen and oxygen atoms in total. The molecule has 1 unspecified atom stereocenters. The number of rotatable bonds is 5. The van der Waals surface area contributed by atoms with Gasteiger partial charge in [0.25, 0.3) is 0 Å². The first-order valence-electron chi connectivity index (χ1n) is 9.98. The summed E-state index contributed by atoms with van der Waals surface area (Å²) in [6, 6.07) is 6.60. The van der Waals surface area contributed by atoms with Crippen molar-refractivity contribution in [2.45, 2.75) is 50.7 Å². The zero-order valence-corrected chi connectivity index (χ0v) is 16.0. The monoisotopic (exact) mass is 399 g/mol. The van der Waals surface area contributed by atoms with Gasteiger partial charge < -0.3 is 14.0 Å². The second kappa shape index (κ2) is 7.90. The van der Waals surface area contributed by atoms with Crippen molar-refractivity contribution < 1.29 is 18.4 Å². The number of aryl methyl sites for hydroxylation is 1. The van der Waals surface area contributed by atoms with Crippen molar-refractivity contribution in [1.82, 2.24) is 25.1 Å². The average molecular weight is 399 g/mol. The summed E-state index contributed by atoms with van der Waals surface area (Å²) in [7, 11) is 0. The summed E-state index contributed by atoms with van der Waals surface area (Å²) in [5.41, 5.74) is 2.23. The lowest BCUT2D eigenvalue weighted by Gasteiger charge is -2.26. The Kier molecular flexibility index (Phi) is 4.97. The zero-order chi connectivity index (χ0) is 19.6. The smallest absolute Gasteiger partial charge is 0.230 e. The predicted molar refractivity (Wildman–Crippen MR) is 98.9 cm³/mol. The number of benzene rings is 1. The molecule has 1 atom stereocenters. The fraction of sp³-hybridized carbons (Fsp3) is 0.500. The van der Waals surface area contributed by atoms with Crippen LogP contribution in [0.4, 0.5) is 4.39 Å². The van der Waals surface area contributed by atoms with Gasteiger partial charge in [-0.25, -0.2) is 9.07 Å². The molecule has 2 aliphatic rings. The Hall–Kier alpha value is -2.81. The number of fused-ring (bicyclic) bond motifs is 1. The highest BCUT2D eigenvalue weighted by molar-refractivity contribution is 5.23. The molecule has 3 heterocycles. The maximum absolute atomic E-state index is 13.7. The van der Waals surface area contributed by atoms with Crippen molar-refractivity contribution in [3.05, 3.63) is 53.2 Å². The van der Waals surface area contributed by atoms with Crippen LogP contribution in [0.15, 0.2) is 28.8 Å². The molecule has 5 rings (SSSR count). The highest BCUT2D eigenvalue weighted by Gasteiger charge is 2.31. The number of hydrogen-bond acceptors (Lipinski definition) is 7. The van der Waals surface area contributed by atoms with Crippen molar-refractivity contribution in [1.29, 1.82) is 0 Å². The van der Waals surface area contributed by atoms with E-state index < -0.39 is 5.82 Å². The summed E-state index contributed by atoms with van der Waals surface area (Å²) in [6.07, 6.45) is 4.41. The van der Waals surface area contributed by atoms with E-state index in [1.54, 1.807) is 18.2 Å². The summed E-state index contributed by atoms with van der Waals surface area (Å²) in [4.78, 5) is 4.48. The zero-order valence-electron chi connectivity index (χ0n) is 16.0. The average Bonchev–Trinajstić information content (AvgIpc) is 3.40. The van der Waals surface area contributed by atoms with Gasteiger partial charge in [-0.05, 0) is 37.8 Å². The van der Waals surface area contributed by atoms with Gasteiger partial charge in [0.1, 0.15) is 0 Å². The van der Waals surface area contributed by atoms with E-state index in [9.17, 15) is 4.39 Å². The fourth-order valence-corrected chi connectivity index (χ4v) is 4.03. The van der Waals surface area contributed by atoms with E-state index in [1.807, 2.05) is 0 Å². The van der Waals surface area contributed by atoms with Gasteiger partial charge in [0.05, 0.1) is 17.4 Å². The van der Waals surface area contributed by atoms with E-state index in [1.165, 1.54) is 6.07 Å². The molecule has 0 spiro atoms. The summed E-state index contributed by atoms with van der Waals surface area (Å²) < 4.78 is 32.2. The first-order valence-corrected chi connectivity index (χ1v) is 9.98. The number of nitrogens with zero attached hydrogens (tertiary/aromatic N) is 5. The molecule has 0 bridgehead atoms. The van der Waals surface area contributed by atoms with Crippen LogP contribution in [0.3, 0.4) is 0 Å². The molecule has 0 N–H and O–H groups in total. The van der Waals surface area contributed by atoms with Crippen LogP contribution in [0, 0.1) is 5.82 Å². The lowest BCUT2D eigenvalue weighted by molar-refractivity contribution is 0.0647. The third kappa shape index (κ3) is 3.74. The van der Waals surface area contributed by atoms with Crippen LogP contribution in [0.1, 0.15) is 54.3 Å². The van der Waals surface area contributed by atoms with Crippen LogP contribution in [-0.2, 0) is 24.2 Å². The van der Waals surface area contributed by atoms with Gasteiger partial charge in [-0.3, -0.25) is 0 Å². The van der Waals surface area contributed by atoms with E-state index in [2.05, 4.69) is 25.1 Å². The predicted octanol–water partition coefficient (Wildman–Crippen LogP) is 3.00. The van der Waals surface area contributed by atoms with Gasteiger partial charge in [-0.1, -0.05) is 22.5 Å². The first kappa shape index (κ1) is 18.2. The second-order valence-corrected chi connectivity index (χ2v) is 7.48. The van der Waals surface area contributed by atoms with Crippen LogP contribution in [0.25, 0.3) is 0 Å². The minimum absolute atomic E-state index is 0.0595. The molecule has 152 valence electrons. The Bertz CT molecular complexity index is 982. The van der Waals surface area contributed by atoms with E-state index >= 15 is 0 Å². The van der Waals surface area contributed by atoms with Gasteiger partial charge in [-0.2, -0.15) is 4.98 Å². The molecule has 1 fully saturated rings. The number of aromatic nitrogens is 5. The topological polar surface area (TPSA) is 88.1 Å². The molecular weight excluding hydrogens is 377 g/mol. The van der Waals surface area contributed by atoms with Gasteiger partial charge >= 0.3 is 0 Å². The molecule has 0 radical (unpaired) electrons.